The third kappa shape index (κ3) is 3.91. The van der Waals surface area contributed by atoms with Gasteiger partial charge in [-0.15, -0.1) is 0 Å². The summed E-state index contributed by atoms with van der Waals surface area (Å²) < 4.78 is 3.11. The van der Waals surface area contributed by atoms with E-state index >= 15 is 0 Å². The molecule has 0 bridgehead atoms. The van der Waals surface area contributed by atoms with Gasteiger partial charge in [0.1, 0.15) is 5.25 Å². The Kier molecular flexibility index (Phi) is 5.33. The van der Waals surface area contributed by atoms with Gasteiger partial charge in [-0.2, -0.15) is 5.10 Å². The van der Waals surface area contributed by atoms with Crippen molar-refractivity contribution in [3.05, 3.63) is 39.8 Å². The summed E-state index contributed by atoms with van der Waals surface area (Å²) in [7, 11) is 0. The van der Waals surface area contributed by atoms with Crippen LogP contribution in [-0.4, -0.2) is 26.1 Å². The van der Waals surface area contributed by atoms with E-state index in [4.69, 9.17) is 17.3 Å². The molecule has 1 aromatic carbocycles. The predicted molar refractivity (Wildman–Crippen MR) is 84.1 cm³/mol. The molecular formula is C13H14N2O2S3. The van der Waals surface area contributed by atoms with E-state index in [-0.39, 0.29) is 0 Å². The second kappa shape index (κ2) is 7.01. The summed E-state index contributed by atoms with van der Waals surface area (Å²) in [4.78, 5) is 11.0. The first-order valence-electron chi connectivity index (χ1n) is 6.11. The number of carboxylic acids is 1. The number of aromatic nitrogens is 2. The van der Waals surface area contributed by atoms with E-state index in [1.165, 1.54) is 23.1 Å². The molecule has 20 heavy (non-hydrogen) atoms. The highest BCUT2D eigenvalue weighted by molar-refractivity contribution is 8.02. The van der Waals surface area contributed by atoms with Crippen molar-refractivity contribution in [2.24, 2.45) is 0 Å². The van der Waals surface area contributed by atoms with Gasteiger partial charge in [-0.3, -0.25) is 4.79 Å². The molecule has 1 unspecified atom stereocenters. The average Bonchev–Trinajstić information content (AvgIpc) is 2.77. The molecule has 1 aromatic heterocycles. The van der Waals surface area contributed by atoms with Gasteiger partial charge in [0.15, 0.2) is 8.29 Å². The summed E-state index contributed by atoms with van der Waals surface area (Å²) in [6, 6.07) is 9.93. The van der Waals surface area contributed by atoms with Crippen molar-refractivity contribution in [1.29, 1.82) is 0 Å². The molecule has 0 aliphatic carbocycles. The van der Waals surface area contributed by atoms with Crippen LogP contribution in [0.4, 0.5) is 0 Å². The van der Waals surface area contributed by atoms with Crippen LogP contribution in [0.3, 0.4) is 0 Å². The van der Waals surface area contributed by atoms with Gasteiger partial charge in [-0.1, -0.05) is 60.4 Å². The highest BCUT2D eigenvalue weighted by Crippen LogP contribution is 2.28. The molecule has 1 heterocycles. The van der Waals surface area contributed by atoms with Gasteiger partial charge in [0.05, 0.1) is 6.54 Å². The summed E-state index contributed by atoms with van der Waals surface area (Å²) >= 11 is 7.91. The molecule has 0 saturated heterocycles. The van der Waals surface area contributed by atoms with Crippen LogP contribution in [0.5, 0.6) is 0 Å². The number of carbonyl (C=O) groups is 1. The third-order valence-corrected chi connectivity index (χ3v) is 5.40. The molecule has 0 radical (unpaired) electrons. The molecular weight excluding hydrogens is 312 g/mol. The summed E-state index contributed by atoms with van der Waals surface area (Å²) in [5.74, 6) is -0.812. The molecule has 0 aliphatic heterocycles. The first-order chi connectivity index (χ1) is 9.60. The molecule has 0 amide bonds. The second-order valence-corrected chi connectivity index (χ2v) is 7.20. The Bertz CT molecular complexity index is 637. The van der Waals surface area contributed by atoms with Crippen LogP contribution in [-0.2, 0) is 11.3 Å². The lowest BCUT2D eigenvalue weighted by Gasteiger charge is -2.05. The molecule has 4 nitrogen and oxygen atoms in total. The SMILES string of the molecule is CCC(Sc1nn(Cc2ccccc2)c(=S)s1)C(=O)O. The minimum atomic E-state index is -0.812. The molecule has 0 aliphatic rings. The van der Waals surface area contributed by atoms with Crippen LogP contribution in [0, 0.1) is 3.95 Å². The number of thioether (sulfide) groups is 1. The maximum absolute atomic E-state index is 11.0. The number of benzene rings is 1. The lowest BCUT2D eigenvalue weighted by Crippen LogP contribution is -2.14. The summed E-state index contributed by atoms with van der Waals surface area (Å²) in [5.41, 5.74) is 1.12. The van der Waals surface area contributed by atoms with Crippen molar-refractivity contribution in [3.63, 3.8) is 0 Å². The third-order valence-electron chi connectivity index (χ3n) is 2.65. The van der Waals surface area contributed by atoms with Crippen molar-refractivity contribution < 1.29 is 9.90 Å². The molecule has 1 N–H and O–H groups in total. The zero-order valence-corrected chi connectivity index (χ0v) is 13.3. The van der Waals surface area contributed by atoms with Gasteiger partial charge in [-0.25, -0.2) is 4.68 Å². The van der Waals surface area contributed by atoms with Gasteiger partial charge in [0, 0.05) is 0 Å². The topological polar surface area (TPSA) is 55.1 Å². The highest BCUT2D eigenvalue weighted by Gasteiger charge is 2.19. The fourth-order valence-electron chi connectivity index (χ4n) is 1.62. The van der Waals surface area contributed by atoms with E-state index in [0.717, 1.165) is 5.56 Å². The molecule has 0 spiro atoms. The second-order valence-electron chi connectivity index (χ2n) is 4.13. The van der Waals surface area contributed by atoms with Crippen molar-refractivity contribution in [3.8, 4) is 0 Å². The monoisotopic (exact) mass is 326 g/mol. The lowest BCUT2D eigenvalue weighted by atomic mass is 10.2. The fraction of sp³-hybridized carbons (Fsp3) is 0.308. The molecule has 1 atom stereocenters. The Hall–Kier alpha value is -1.18. The molecule has 7 heteroatoms. The van der Waals surface area contributed by atoms with Crippen LogP contribution in [0.1, 0.15) is 18.9 Å². The molecule has 0 saturated carbocycles. The van der Waals surface area contributed by atoms with Crippen LogP contribution in [0.15, 0.2) is 34.7 Å². The quantitative estimate of drug-likeness (QED) is 0.648. The van der Waals surface area contributed by atoms with E-state index in [1.54, 1.807) is 4.68 Å². The molecule has 2 rings (SSSR count). The van der Waals surface area contributed by atoms with Crippen molar-refractivity contribution >= 4 is 41.3 Å². The Morgan fingerprint density at radius 3 is 2.80 bits per heavy atom. The minimum Gasteiger partial charge on any atom is -0.480 e. The number of hydrogen-bond donors (Lipinski definition) is 1. The predicted octanol–water partition coefficient (Wildman–Crippen LogP) is 3.68. The maximum atomic E-state index is 11.0. The molecule has 2 aromatic rings. The van der Waals surface area contributed by atoms with Crippen LogP contribution in [0.25, 0.3) is 0 Å². The highest BCUT2D eigenvalue weighted by atomic mass is 32.2. The minimum absolute atomic E-state index is 0.472. The Labute approximate surface area is 130 Å². The van der Waals surface area contributed by atoms with Crippen molar-refractivity contribution in [1.82, 2.24) is 9.78 Å². The Balaban J connectivity index is 2.13. The van der Waals surface area contributed by atoms with Crippen LogP contribution < -0.4 is 0 Å². The van der Waals surface area contributed by atoms with Crippen molar-refractivity contribution in [2.45, 2.75) is 29.5 Å². The lowest BCUT2D eigenvalue weighted by molar-refractivity contribution is -0.136. The number of nitrogens with zero attached hydrogens (tertiary/aromatic N) is 2. The van der Waals surface area contributed by atoms with Gasteiger partial charge in [0.25, 0.3) is 0 Å². The summed E-state index contributed by atoms with van der Waals surface area (Å²) in [6.45, 7) is 2.46. The van der Waals surface area contributed by atoms with Gasteiger partial charge in [-0.05, 0) is 24.2 Å². The van der Waals surface area contributed by atoms with Crippen LogP contribution >= 0.6 is 35.3 Å². The normalized spacial score (nSPS) is 12.2. The van der Waals surface area contributed by atoms with E-state index in [9.17, 15) is 4.79 Å². The Morgan fingerprint density at radius 1 is 1.50 bits per heavy atom. The smallest absolute Gasteiger partial charge is 0.317 e. The average molecular weight is 326 g/mol. The molecule has 106 valence electrons. The van der Waals surface area contributed by atoms with Crippen molar-refractivity contribution in [2.75, 3.05) is 0 Å². The van der Waals surface area contributed by atoms with Gasteiger partial charge in [0.2, 0.25) is 0 Å². The summed E-state index contributed by atoms with van der Waals surface area (Å²) in [5, 5.41) is 13.0. The largest absolute Gasteiger partial charge is 0.480 e. The maximum Gasteiger partial charge on any atom is 0.317 e. The number of rotatable bonds is 6. The zero-order chi connectivity index (χ0) is 14.5. The van der Waals surface area contributed by atoms with E-state index < -0.39 is 11.2 Å². The van der Waals surface area contributed by atoms with Gasteiger partial charge < -0.3 is 5.11 Å². The molecule has 0 fully saturated rings. The zero-order valence-electron chi connectivity index (χ0n) is 10.9. The number of hydrogen-bond acceptors (Lipinski definition) is 5. The number of aliphatic carboxylic acids is 1. The van der Waals surface area contributed by atoms with E-state index in [0.29, 0.717) is 21.3 Å². The fourth-order valence-corrected chi connectivity index (χ4v) is 4.06. The summed E-state index contributed by atoms with van der Waals surface area (Å²) in [6.07, 6.45) is 0.561. The first kappa shape index (κ1) is 15.2. The van der Waals surface area contributed by atoms with E-state index in [1.807, 2.05) is 37.3 Å². The van der Waals surface area contributed by atoms with E-state index in [2.05, 4.69) is 5.10 Å². The van der Waals surface area contributed by atoms with Gasteiger partial charge >= 0.3 is 5.97 Å². The first-order valence-corrected chi connectivity index (χ1v) is 8.22. The van der Waals surface area contributed by atoms with Crippen LogP contribution in [0.2, 0.25) is 0 Å². The Morgan fingerprint density at radius 2 is 2.20 bits per heavy atom. The number of carboxylic acid groups (broad SMARTS) is 1. The standard InChI is InChI=1S/C13H14N2O2S3/c1-2-10(11(16)17)19-12-14-15(13(18)20-12)8-9-6-4-3-5-7-9/h3-7,10H,2,8H2,1H3,(H,16,17).